The van der Waals surface area contributed by atoms with Gasteiger partial charge in [0.1, 0.15) is 0 Å². The van der Waals surface area contributed by atoms with Crippen LogP contribution in [0.1, 0.15) is 20.9 Å². The number of aryl methyl sites for hydroxylation is 2. The van der Waals surface area contributed by atoms with E-state index in [4.69, 9.17) is 9.47 Å². The summed E-state index contributed by atoms with van der Waals surface area (Å²) in [6, 6.07) is 27.9. The van der Waals surface area contributed by atoms with E-state index in [0.29, 0.717) is 11.5 Å². The maximum absolute atomic E-state index is 11.7. The molecular formula is C38H36N2O8P2S. The standard InChI is InChI=1S/C38H36N2O8P2S/c1-47-37-35(17-13-25-11-15-33-29(23-25)27-7-3-5-9-31(27)39(33)19-21-49(41,42)43)51-36(38(37)48-2)18-14-26-12-16-34-30(24-26)28-8-4-6-10-32(28)40(34)20-22-50(44,45)46/h3-18,23-24H,19-22H2,1-2H3,(H2,41,42,43)(H2,44,45,46)/b17-13+,18-14+. The lowest BCUT2D eigenvalue weighted by molar-refractivity contribution is 0.357. The molecule has 3 heterocycles. The zero-order valence-electron chi connectivity index (χ0n) is 27.8. The number of rotatable bonds is 12. The van der Waals surface area contributed by atoms with Crippen molar-refractivity contribution < 1.29 is 38.2 Å². The molecule has 4 aromatic carbocycles. The number of methoxy groups -OCH3 is 2. The first kappa shape index (κ1) is 35.0. The lowest BCUT2D eigenvalue weighted by Gasteiger charge is -2.08. The maximum atomic E-state index is 11.7. The number of para-hydroxylation sites is 2. The van der Waals surface area contributed by atoms with E-state index in [2.05, 4.69) is 12.1 Å². The molecule has 0 radical (unpaired) electrons. The number of ether oxygens (including phenoxy) is 2. The van der Waals surface area contributed by atoms with Crippen LogP contribution in [0.2, 0.25) is 0 Å². The van der Waals surface area contributed by atoms with Crippen LogP contribution in [0.4, 0.5) is 0 Å². The second-order valence-electron chi connectivity index (χ2n) is 12.2. The molecular weight excluding hydrogens is 706 g/mol. The van der Waals surface area contributed by atoms with Gasteiger partial charge in [-0.1, -0.05) is 60.7 Å². The lowest BCUT2D eigenvalue weighted by atomic mass is 10.1. The smallest absolute Gasteiger partial charge is 0.327 e. The first-order valence-corrected chi connectivity index (χ1v) is 20.6. The van der Waals surface area contributed by atoms with Crippen LogP contribution >= 0.6 is 26.5 Å². The van der Waals surface area contributed by atoms with Crippen LogP contribution in [-0.4, -0.2) is 55.3 Å². The number of benzene rings is 4. The Balaban J connectivity index is 1.20. The van der Waals surface area contributed by atoms with Gasteiger partial charge in [0.15, 0.2) is 11.5 Å². The van der Waals surface area contributed by atoms with Gasteiger partial charge in [0.05, 0.1) is 36.3 Å². The average Bonchev–Trinajstić information content (AvgIpc) is 3.73. The monoisotopic (exact) mass is 742 g/mol. The molecule has 3 aromatic heterocycles. The average molecular weight is 743 g/mol. The second-order valence-corrected chi connectivity index (χ2v) is 16.9. The molecule has 51 heavy (non-hydrogen) atoms. The molecule has 262 valence electrons. The minimum Gasteiger partial charge on any atom is -0.491 e. The van der Waals surface area contributed by atoms with Gasteiger partial charge in [-0.3, -0.25) is 9.13 Å². The van der Waals surface area contributed by atoms with Gasteiger partial charge in [-0.15, -0.1) is 11.3 Å². The number of hydrogen-bond donors (Lipinski definition) is 4. The molecule has 10 nitrogen and oxygen atoms in total. The fourth-order valence-electron chi connectivity index (χ4n) is 6.68. The summed E-state index contributed by atoms with van der Waals surface area (Å²) >= 11 is 1.53. The van der Waals surface area contributed by atoms with Crippen LogP contribution in [0.3, 0.4) is 0 Å². The zero-order chi connectivity index (χ0) is 35.9. The van der Waals surface area contributed by atoms with Crippen molar-refractivity contribution in [2.24, 2.45) is 0 Å². The fraction of sp³-hybridized carbons (Fsp3) is 0.158. The molecule has 0 aliphatic carbocycles. The summed E-state index contributed by atoms with van der Waals surface area (Å²) in [4.78, 5) is 39.8. The first-order valence-electron chi connectivity index (χ1n) is 16.2. The van der Waals surface area contributed by atoms with E-state index in [1.165, 1.54) is 11.3 Å². The first-order chi connectivity index (χ1) is 24.4. The van der Waals surface area contributed by atoms with E-state index >= 15 is 0 Å². The Morgan fingerprint density at radius 2 is 0.961 bits per heavy atom. The molecule has 0 aliphatic rings. The Labute approximate surface area is 297 Å². The maximum Gasteiger partial charge on any atom is 0.327 e. The number of fused-ring (bicyclic) bond motifs is 6. The predicted octanol–water partition coefficient (Wildman–Crippen LogP) is 8.68. The summed E-state index contributed by atoms with van der Waals surface area (Å²) in [5.74, 6) is 1.24. The molecule has 0 spiro atoms. The molecule has 0 atom stereocenters. The zero-order valence-corrected chi connectivity index (χ0v) is 30.4. The van der Waals surface area contributed by atoms with Gasteiger partial charge in [0, 0.05) is 56.7 Å². The van der Waals surface area contributed by atoms with E-state index in [1.807, 2.05) is 106 Å². The number of thiophene rings is 1. The highest BCUT2D eigenvalue weighted by molar-refractivity contribution is 7.52. The van der Waals surface area contributed by atoms with Gasteiger partial charge in [-0.2, -0.15) is 0 Å². The van der Waals surface area contributed by atoms with Crippen molar-refractivity contribution in [3.05, 3.63) is 106 Å². The Morgan fingerprint density at radius 3 is 1.35 bits per heavy atom. The van der Waals surface area contributed by atoms with Crippen molar-refractivity contribution in [2.75, 3.05) is 26.5 Å². The van der Waals surface area contributed by atoms with Crippen LogP contribution in [0.5, 0.6) is 11.5 Å². The molecule has 7 rings (SSSR count). The Bertz CT molecular complexity index is 2410. The van der Waals surface area contributed by atoms with E-state index in [9.17, 15) is 28.7 Å². The topological polar surface area (TPSA) is 143 Å². The largest absolute Gasteiger partial charge is 0.491 e. The molecule has 0 saturated carbocycles. The van der Waals surface area contributed by atoms with E-state index < -0.39 is 15.2 Å². The van der Waals surface area contributed by atoms with Crippen molar-refractivity contribution in [1.29, 1.82) is 0 Å². The van der Waals surface area contributed by atoms with Crippen LogP contribution in [-0.2, 0) is 22.2 Å². The van der Waals surface area contributed by atoms with Crippen molar-refractivity contribution in [3.63, 3.8) is 0 Å². The van der Waals surface area contributed by atoms with Crippen molar-refractivity contribution in [3.8, 4) is 11.5 Å². The fourth-order valence-corrected chi connectivity index (χ4v) is 8.64. The molecule has 0 bridgehead atoms. The third kappa shape index (κ3) is 7.20. The minimum absolute atomic E-state index is 0.211. The highest BCUT2D eigenvalue weighted by atomic mass is 32.1. The Kier molecular flexibility index (Phi) is 9.56. The normalized spacial score (nSPS) is 12.8. The molecule has 4 N–H and O–H groups in total. The van der Waals surface area contributed by atoms with Crippen molar-refractivity contribution in [1.82, 2.24) is 9.13 Å². The number of nitrogens with zero attached hydrogens (tertiary/aromatic N) is 2. The molecule has 0 saturated heterocycles. The quantitative estimate of drug-likeness (QED) is 0.0911. The van der Waals surface area contributed by atoms with Crippen LogP contribution in [0.15, 0.2) is 84.9 Å². The highest BCUT2D eigenvalue weighted by Gasteiger charge is 2.20. The molecule has 13 heteroatoms. The molecule has 0 aliphatic heterocycles. The number of hydrogen-bond acceptors (Lipinski definition) is 5. The third-order valence-electron chi connectivity index (χ3n) is 8.96. The SMILES string of the molecule is COc1c(/C=C/c2ccc3c(c2)c2ccccc2n3CCP(=O)(O)O)sc(/C=C/c2ccc3c(c2)c2ccccc2n3CCP(=O)(O)O)c1OC. The van der Waals surface area contributed by atoms with E-state index in [-0.39, 0.29) is 25.4 Å². The van der Waals surface area contributed by atoms with Gasteiger partial charge in [-0.05, 0) is 59.7 Å². The summed E-state index contributed by atoms with van der Waals surface area (Å²) in [6.07, 6.45) is 7.55. The summed E-state index contributed by atoms with van der Waals surface area (Å²) in [5, 5.41) is 4.03. The van der Waals surface area contributed by atoms with Crippen LogP contribution < -0.4 is 9.47 Å². The van der Waals surface area contributed by atoms with E-state index in [0.717, 1.165) is 64.5 Å². The van der Waals surface area contributed by atoms with E-state index in [1.54, 1.807) is 14.2 Å². The predicted molar refractivity (Wildman–Crippen MR) is 208 cm³/mol. The Morgan fingerprint density at radius 1 is 0.569 bits per heavy atom. The lowest BCUT2D eigenvalue weighted by Crippen LogP contribution is -2.02. The van der Waals surface area contributed by atoms with Gasteiger partial charge < -0.3 is 38.2 Å². The molecule has 0 fully saturated rings. The molecule has 7 aromatic rings. The Hall–Kier alpha value is -4.44. The van der Waals surface area contributed by atoms with Gasteiger partial charge >= 0.3 is 15.2 Å². The van der Waals surface area contributed by atoms with Crippen molar-refractivity contribution in [2.45, 2.75) is 13.1 Å². The summed E-state index contributed by atoms with van der Waals surface area (Å²) in [6.45, 7) is 0.422. The second kappa shape index (κ2) is 13.9. The van der Waals surface area contributed by atoms with Gasteiger partial charge in [-0.25, -0.2) is 0 Å². The number of aromatic nitrogens is 2. The summed E-state index contributed by atoms with van der Waals surface area (Å²) in [7, 11) is -5.09. The third-order valence-corrected chi connectivity index (χ3v) is 11.6. The van der Waals surface area contributed by atoms with Gasteiger partial charge in [0.25, 0.3) is 0 Å². The minimum atomic E-state index is -4.16. The molecule has 0 amide bonds. The molecule has 0 unspecified atom stereocenters. The highest BCUT2D eigenvalue weighted by Crippen LogP contribution is 2.45. The van der Waals surface area contributed by atoms with Gasteiger partial charge in [0.2, 0.25) is 0 Å². The van der Waals surface area contributed by atoms with Crippen LogP contribution in [0.25, 0.3) is 67.9 Å². The summed E-state index contributed by atoms with van der Waals surface area (Å²) in [5.41, 5.74) is 5.59. The summed E-state index contributed by atoms with van der Waals surface area (Å²) < 4.78 is 38.8. The van der Waals surface area contributed by atoms with Crippen LogP contribution in [0, 0.1) is 0 Å². The van der Waals surface area contributed by atoms with Crippen molar-refractivity contribution >= 4 is 94.4 Å².